The minimum Gasteiger partial charge on any atom is -0.493 e. The average molecular weight is 488 g/mol. The number of rotatable bonds is 9. The van der Waals surface area contributed by atoms with Gasteiger partial charge in [-0.3, -0.25) is 9.69 Å². The van der Waals surface area contributed by atoms with Crippen molar-refractivity contribution in [3.63, 3.8) is 0 Å². The Morgan fingerprint density at radius 3 is 2.29 bits per heavy atom. The number of ether oxygens (including phenoxy) is 4. The van der Waals surface area contributed by atoms with E-state index in [1.54, 1.807) is 21.3 Å². The summed E-state index contributed by atoms with van der Waals surface area (Å²) in [6.45, 7) is 4.25. The Bertz CT molecular complexity index is 932. The molecule has 1 heterocycles. The van der Waals surface area contributed by atoms with Gasteiger partial charge in [-0.15, -0.1) is 0 Å². The van der Waals surface area contributed by atoms with Crippen molar-refractivity contribution in [2.24, 2.45) is 0 Å². The van der Waals surface area contributed by atoms with E-state index in [1.807, 2.05) is 42.5 Å². The molecule has 0 saturated carbocycles. The van der Waals surface area contributed by atoms with Crippen LogP contribution in [0.3, 0.4) is 0 Å². The fraction of sp³-hybridized carbons (Fsp3) is 0.440. The lowest BCUT2D eigenvalue weighted by molar-refractivity contribution is -0.146. The first-order chi connectivity index (χ1) is 16.5. The molecule has 0 spiro atoms. The van der Waals surface area contributed by atoms with Gasteiger partial charge < -0.3 is 29.2 Å². The van der Waals surface area contributed by atoms with Crippen LogP contribution in [0.1, 0.15) is 17.5 Å². The van der Waals surface area contributed by atoms with Crippen LogP contribution in [0.15, 0.2) is 42.5 Å². The molecule has 2 aromatic rings. The molecule has 9 heteroatoms. The first-order valence-corrected chi connectivity index (χ1v) is 11.7. The highest BCUT2D eigenvalue weighted by Gasteiger charge is 2.20. The van der Waals surface area contributed by atoms with Crippen LogP contribution >= 0.6 is 12.2 Å². The average Bonchev–Trinajstić information content (AvgIpc) is 3.11. The van der Waals surface area contributed by atoms with E-state index in [0.29, 0.717) is 35.5 Å². The summed E-state index contributed by atoms with van der Waals surface area (Å²) in [5.41, 5.74) is 1.95. The number of methoxy groups -OCH3 is 3. The van der Waals surface area contributed by atoms with Gasteiger partial charge in [-0.2, -0.15) is 0 Å². The van der Waals surface area contributed by atoms with E-state index < -0.39 is 0 Å². The fourth-order valence-electron chi connectivity index (χ4n) is 3.83. The third-order valence-corrected chi connectivity index (χ3v) is 6.04. The van der Waals surface area contributed by atoms with E-state index in [1.165, 1.54) is 0 Å². The summed E-state index contributed by atoms with van der Waals surface area (Å²) in [7, 11) is 4.78. The second kappa shape index (κ2) is 13.0. The van der Waals surface area contributed by atoms with Crippen LogP contribution in [0, 0.1) is 0 Å². The number of carbonyl (C=O) groups is 1. The molecule has 8 nitrogen and oxygen atoms in total. The number of carbonyl (C=O) groups excluding carboxylic acids is 1. The number of nitrogens with one attached hydrogen (secondary N) is 1. The monoisotopic (exact) mass is 487 g/mol. The van der Waals surface area contributed by atoms with Gasteiger partial charge in [0.05, 0.1) is 27.9 Å². The molecule has 2 aromatic carbocycles. The second-order valence-electron chi connectivity index (χ2n) is 7.96. The molecule has 184 valence electrons. The van der Waals surface area contributed by atoms with Crippen molar-refractivity contribution in [3.8, 4) is 17.2 Å². The van der Waals surface area contributed by atoms with Gasteiger partial charge in [0.2, 0.25) is 5.75 Å². The summed E-state index contributed by atoms with van der Waals surface area (Å²) in [6, 6.07) is 13.5. The molecule has 1 saturated heterocycles. The van der Waals surface area contributed by atoms with Crippen LogP contribution in [-0.2, 0) is 22.7 Å². The van der Waals surface area contributed by atoms with E-state index >= 15 is 0 Å². The Morgan fingerprint density at radius 2 is 1.65 bits per heavy atom. The van der Waals surface area contributed by atoms with Gasteiger partial charge in [0.25, 0.3) is 0 Å². The molecule has 0 atom stereocenters. The summed E-state index contributed by atoms with van der Waals surface area (Å²) in [5.74, 6) is 1.56. The molecule has 0 radical (unpaired) electrons. The first kappa shape index (κ1) is 25.6. The molecule has 0 amide bonds. The lowest BCUT2D eigenvalue weighted by Gasteiger charge is -2.24. The van der Waals surface area contributed by atoms with Crippen LogP contribution in [0.25, 0.3) is 0 Å². The maximum atomic E-state index is 12.3. The fourth-order valence-corrected chi connectivity index (χ4v) is 4.08. The SMILES string of the molecule is COc1cc(CNC(=S)N2CCCN(CC(=O)OCc3ccccc3)CC2)cc(OC)c1OC. The Labute approximate surface area is 206 Å². The molecule has 0 bridgehead atoms. The molecule has 0 aromatic heterocycles. The lowest BCUT2D eigenvalue weighted by atomic mass is 10.2. The number of hydrogen-bond donors (Lipinski definition) is 1. The van der Waals surface area contributed by atoms with Gasteiger partial charge in [-0.1, -0.05) is 30.3 Å². The Hall–Kier alpha value is -3.04. The molecular formula is C25H33N3O5S. The number of hydrogen-bond acceptors (Lipinski definition) is 7. The first-order valence-electron chi connectivity index (χ1n) is 11.3. The smallest absolute Gasteiger partial charge is 0.320 e. The topological polar surface area (TPSA) is 72.5 Å². The zero-order valence-electron chi connectivity index (χ0n) is 20.0. The van der Waals surface area contributed by atoms with Gasteiger partial charge in [0.1, 0.15) is 6.61 Å². The van der Waals surface area contributed by atoms with Crippen LogP contribution in [0.4, 0.5) is 0 Å². The van der Waals surface area contributed by atoms with Gasteiger partial charge in [0, 0.05) is 32.7 Å². The standard InChI is InChI=1S/C25H33N3O5S/c1-30-21-14-20(15-22(31-2)24(21)32-3)16-26-25(34)28-11-7-10-27(12-13-28)17-23(29)33-18-19-8-5-4-6-9-19/h4-6,8-9,14-15H,7,10-13,16-18H2,1-3H3,(H,26,34). The van der Waals surface area contributed by atoms with Crippen LogP contribution < -0.4 is 19.5 Å². The Kier molecular flexibility index (Phi) is 9.78. The molecule has 1 fully saturated rings. The van der Waals surface area contributed by atoms with Gasteiger partial charge in [-0.05, 0) is 41.9 Å². The van der Waals surface area contributed by atoms with E-state index in [-0.39, 0.29) is 12.5 Å². The van der Waals surface area contributed by atoms with E-state index in [4.69, 9.17) is 31.2 Å². The third-order valence-electron chi connectivity index (χ3n) is 5.64. The summed E-state index contributed by atoms with van der Waals surface area (Å²) in [6.07, 6.45) is 0.915. The van der Waals surface area contributed by atoms with Crippen molar-refractivity contribution < 1.29 is 23.7 Å². The molecule has 1 N–H and O–H groups in total. The zero-order valence-corrected chi connectivity index (χ0v) is 20.9. The van der Waals surface area contributed by atoms with Gasteiger partial charge in [-0.25, -0.2) is 0 Å². The van der Waals surface area contributed by atoms with Gasteiger partial charge in [0.15, 0.2) is 16.6 Å². The molecule has 34 heavy (non-hydrogen) atoms. The van der Waals surface area contributed by atoms with E-state index in [0.717, 1.165) is 43.7 Å². The van der Waals surface area contributed by atoms with Crippen LogP contribution in [0.5, 0.6) is 17.2 Å². The minimum absolute atomic E-state index is 0.208. The number of nitrogens with zero attached hydrogens (tertiary/aromatic N) is 2. The summed E-state index contributed by atoms with van der Waals surface area (Å²) < 4.78 is 21.7. The molecular weight excluding hydrogens is 454 g/mol. The number of benzene rings is 2. The van der Waals surface area contributed by atoms with Crippen molar-refractivity contribution in [1.82, 2.24) is 15.1 Å². The summed E-state index contributed by atoms with van der Waals surface area (Å²) >= 11 is 5.64. The predicted molar refractivity (Wildman–Crippen MR) is 134 cm³/mol. The maximum absolute atomic E-state index is 12.3. The maximum Gasteiger partial charge on any atom is 0.320 e. The van der Waals surface area contributed by atoms with E-state index in [2.05, 4.69) is 15.1 Å². The van der Waals surface area contributed by atoms with Crippen molar-refractivity contribution in [1.29, 1.82) is 0 Å². The van der Waals surface area contributed by atoms with Crippen molar-refractivity contribution in [2.75, 3.05) is 54.1 Å². The predicted octanol–water partition coefficient (Wildman–Crippen LogP) is 2.84. The minimum atomic E-state index is -0.208. The van der Waals surface area contributed by atoms with Crippen molar-refractivity contribution in [3.05, 3.63) is 53.6 Å². The number of thiocarbonyl (C=S) groups is 1. The van der Waals surface area contributed by atoms with E-state index in [9.17, 15) is 4.79 Å². The Balaban J connectivity index is 1.46. The second-order valence-corrected chi connectivity index (χ2v) is 8.34. The normalized spacial score (nSPS) is 14.1. The quantitative estimate of drug-likeness (QED) is 0.425. The van der Waals surface area contributed by atoms with Crippen molar-refractivity contribution in [2.45, 2.75) is 19.6 Å². The summed E-state index contributed by atoms with van der Waals surface area (Å²) in [4.78, 5) is 16.5. The zero-order chi connectivity index (χ0) is 24.3. The highest BCUT2D eigenvalue weighted by Crippen LogP contribution is 2.38. The van der Waals surface area contributed by atoms with Crippen LogP contribution in [0.2, 0.25) is 0 Å². The Morgan fingerprint density at radius 1 is 0.941 bits per heavy atom. The third kappa shape index (κ3) is 7.23. The molecule has 3 rings (SSSR count). The van der Waals surface area contributed by atoms with Gasteiger partial charge >= 0.3 is 5.97 Å². The van der Waals surface area contributed by atoms with Crippen molar-refractivity contribution >= 4 is 23.3 Å². The molecule has 1 aliphatic heterocycles. The molecule has 1 aliphatic rings. The molecule has 0 aliphatic carbocycles. The molecule has 0 unspecified atom stereocenters. The highest BCUT2D eigenvalue weighted by atomic mass is 32.1. The lowest BCUT2D eigenvalue weighted by Crippen LogP contribution is -2.42. The summed E-state index contributed by atoms with van der Waals surface area (Å²) in [5, 5.41) is 4.01. The largest absolute Gasteiger partial charge is 0.493 e. The highest BCUT2D eigenvalue weighted by molar-refractivity contribution is 7.80. The van der Waals surface area contributed by atoms with Crippen LogP contribution in [-0.4, -0.2) is 74.9 Å². The number of esters is 1.